The van der Waals surface area contributed by atoms with E-state index in [0.717, 1.165) is 0 Å². The predicted octanol–water partition coefficient (Wildman–Crippen LogP) is 0.111. The molecule has 5 N–H and O–H groups in total. The van der Waals surface area contributed by atoms with Gasteiger partial charge in [0.2, 0.25) is 0 Å². The van der Waals surface area contributed by atoms with Crippen molar-refractivity contribution in [1.29, 1.82) is 0 Å². The Balaban J connectivity index is 2.78. The number of hydrogen-bond donors (Lipinski definition) is 3. The molecular weight excluding hydrogens is 266 g/mol. The molecule has 0 saturated heterocycles. The van der Waals surface area contributed by atoms with Crippen LogP contribution in [-0.4, -0.2) is 39.4 Å². The molecule has 20 heavy (non-hydrogen) atoms. The summed E-state index contributed by atoms with van der Waals surface area (Å²) >= 11 is 0. The van der Waals surface area contributed by atoms with Crippen LogP contribution in [0.15, 0.2) is 12.1 Å². The topological polar surface area (TPSA) is 126 Å². The van der Waals surface area contributed by atoms with Crippen LogP contribution < -0.4 is 26.3 Å². The molecule has 0 saturated carbocycles. The molecule has 0 aliphatic rings. The van der Waals surface area contributed by atoms with Crippen molar-refractivity contribution in [3.05, 3.63) is 17.7 Å². The highest BCUT2D eigenvalue weighted by atomic mass is 16.5. The Bertz CT molecular complexity index is 504. The van der Waals surface area contributed by atoms with Gasteiger partial charge in [-0.15, -0.1) is 0 Å². The molecule has 8 heteroatoms. The molecule has 0 aromatic heterocycles. The average molecular weight is 283 g/mol. The van der Waals surface area contributed by atoms with E-state index in [4.69, 9.17) is 20.9 Å². The second-order valence-electron chi connectivity index (χ2n) is 3.71. The number of primary amides is 1. The van der Waals surface area contributed by atoms with Crippen LogP contribution >= 0.6 is 0 Å². The number of nitrogens with one attached hydrogen (secondary N) is 1. The Morgan fingerprint density at radius 3 is 2.50 bits per heavy atom. The summed E-state index contributed by atoms with van der Waals surface area (Å²) in [6.07, 6.45) is -0.901. The van der Waals surface area contributed by atoms with Crippen LogP contribution in [0.1, 0.15) is 10.4 Å². The highest BCUT2D eigenvalue weighted by molar-refractivity contribution is 6.00. The number of carbonyl (C=O) groups is 2. The first kappa shape index (κ1) is 15.4. The number of anilines is 1. The van der Waals surface area contributed by atoms with Crippen LogP contribution in [0.4, 0.5) is 10.5 Å². The Morgan fingerprint density at radius 1 is 1.25 bits per heavy atom. The first-order valence-corrected chi connectivity index (χ1v) is 5.71. The maximum atomic E-state index is 12.0. The lowest BCUT2D eigenvalue weighted by Crippen LogP contribution is -2.29. The molecule has 0 fully saturated rings. The summed E-state index contributed by atoms with van der Waals surface area (Å²) < 4.78 is 14.6. The number of amides is 2. The number of methoxy groups -OCH3 is 2. The van der Waals surface area contributed by atoms with Gasteiger partial charge in [0.05, 0.1) is 32.0 Å². The third-order valence-corrected chi connectivity index (χ3v) is 2.45. The minimum atomic E-state index is -0.901. The fourth-order valence-corrected chi connectivity index (χ4v) is 1.49. The highest BCUT2D eigenvalue weighted by Gasteiger charge is 2.15. The summed E-state index contributed by atoms with van der Waals surface area (Å²) in [5.74, 6) is 0.338. The van der Waals surface area contributed by atoms with Gasteiger partial charge in [-0.1, -0.05) is 0 Å². The van der Waals surface area contributed by atoms with Crippen LogP contribution in [0.3, 0.4) is 0 Å². The molecule has 1 aromatic carbocycles. The van der Waals surface area contributed by atoms with Gasteiger partial charge >= 0.3 is 6.09 Å². The van der Waals surface area contributed by atoms with Gasteiger partial charge in [-0.25, -0.2) is 4.79 Å². The lowest BCUT2D eigenvalue weighted by Gasteiger charge is -2.12. The zero-order chi connectivity index (χ0) is 15.1. The fraction of sp³-hybridized carbons (Fsp3) is 0.333. The van der Waals surface area contributed by atoms with Gasteiger partial charge < -0.3 is 31.0 Å². The van der Waals surface area contributed by atoms with Crippen molar-refractivity contribution >= 4 is 17.7 Å². The maximum Gasteiger partial charge on any atom is 0.404 e. The number of nitrogens with two attached hydrogens (primary N) is 2. The lowest BCUT2D eigenvalue weighted by atomic mass is 10.1. The van der Waals surface area contributed by atoms with E-state index in [9.17, 15) is 9.59 Å². The minimum Gasteiger partial charge on any atom is -0.497 e. The van der Waals surface area contributed by atoms with Gasteiger partial charge in [0.25, 0.3) is 5.91 Å². The SMILES string of the molecule is COc1cc(OC)c(N)c(C(=O)NCCOC(N)=O)c1. The highest BCUT2D eigenvalue weighted by Crippen LogP contribution is 2.30. The van der Waals surface area contributed by atoms with Crippen molar-refractivity contribution in [3.8, 4) is 11.5 Å². The predicted molar refractivity (Wildman–Crippen MR) is 71.8 cm³/mol. The van der Waals surface area contributed by atoms with Gasteiger partial charge in [0.15, 0.2) is 0 Å². The Kier molecular flexibility index (Phi) is 5.45. The van der Waals surface area contributed by atoms with E-state index >= 15 is 0 Å². The molecule has 0 unspecified atom stereocenters. The molecule has 1 rings (SSSR count). The van der Waals surface area contributed by atoms with Crippen molar-refractivity contribution in [1.82, 2.24) is 5.32 Å². The van der Waals surface area contributed by atoms with Crippen LogP contribution in [0.2, 0.25) is 0 Å². The van der Waals surface area contributed by atoms with Crippen molar-refractivity contribution in [3.63, 3.8) is 0 Å². The molecule has 0 aliphatic heterocycles. The Morgan fingerprint density at radius 2 is 1.95 bits per heavy atom. The summed E-state index contributed by atoms with van der Waals surface area (Å²) in [7, 11) is 2.90. The van der Waals surface area contributed by atoms with E-state index in [1.807, 2.05) is 0 Å². The Hall–Kier alpha value is -2.64. The normalized spacial score (nSPS) is 9.70. The summed E-state index contributed by atoms with van der Waals surface area (Å²) in [5, 5.41) is 2.53. The van der Waals surface area contributed by atoms with E-state index in [2.05, 4.69) is 10.1 Å². The lowest BCUT2D eigenvalue weighted by molar-refractivity contribution is 0.0937. The number of benzene rings is 1. The summed E-state index contributed by atoms with van der Waals surface area (Å²) in [4.78, 5) is 22.3. The van der Waals surface area contributed by atoms with Crippen molar-refractivity contribution in [2.45, 2.75) is 0 Å². The Labute approximate surface area is 116 Å². The zero-order valence-electron chi connectivity index (χ0n) is 11.3. The van der Waals surface area contributed by atoms with Gasteiger partial charge in [-0.05, 0) is 6.07 Å². The average Bonchev–Trinajstić information content (AvgIpc) is 2.43. The largest absolute Gasteiger partial charge is 0.497 e. The molecule has 0 bridgehead atoms. The van der Waals surface area contributed by atoms with Crippen molar-refractivity contribution in [2.24, 2.45) is 5.73 Å². The van der Waals surface area contributed by atoms with Crippen LogP contribution in [0.25, 0.3) is 0 Å². The van der Waals surface area contributed by atoms with E-state index < -0.39 is 12.0 Å². The van der Waals surface area contributed by atoms with Gasteiger partial charge in [-0.3, -0.25) is 4.79 Å². The molecule has 0 aliphatic carbocycles. The number of rotatable bonds is 6. The van der Waals surface area contributed by atoms with Gasteiger partial charge in [0, 0.05) is 6.07 Å². The number of hydrogen-bond acceptors (Lipinski definition) is 6. The molecule has 0 spiro atoms. The zero-order valence-corrected chi connectivity index (χ0v) is 11.3. The van der Waals surface area contributed by atoms with Crippen LogP contribution in [-0.2, 0) is 4.74 Å². The van der Waals surface area contributed by atoms with Gasteiger partial charge in [-0.2, -0.15) is 0 Å². The first-order valence-electron chi connectivity index (χ1n) is 5.71. The van der Waals surface area contributed by atoms with Crippen LogP contribution in [0.5, 0.6) is 11.5 Å². The molecule has 2 amide bonds. The monoisotopic (exact) mass is 283 g/mol. The molecule has 0 radical (unpaired) electrons. The van der Waals surface area contributed by atoms with Gasteiger partial charge in [0.1, 0.15) is 18.1 Å². The second-order valence-corrected chi connectivity index (χ2v) is 3.71. The smallest absolute Gasteiger partial charge is 0.404 e. The summed E-state index contributed by atoms with van der Waals surface area (Å²) in [6, 6.07) is 3.06. The second kappa shape index (κ2) is 7.07. The molecule has 1 aromatic rings. The third-order valence-electron chi connectivity index (χ3n) is 2.45. The number of nitrogen functional groups attached to an aromatic ring is 1. The molecule has 0 heterocycles. The first-order chi connectivity index (χ1) is 9.49. The maximum absolute atomic E-state index is 12.0. The van der Waals surface area contributed by atoms with Crippen LogP contribution in [0, 0.1) is 0 Å². The standard InChI is InChI=1S/C12H17N3O5/c1-18-7-5-8(10(13)9(6-7)19-2)11(16)15-3-4-20-12(14)17/h5-6H,3-4,13H2,1-2H3,(H2,14,17)(H,15,16). The minimum absolute atomic E-state index is 0.0257. The van der Waals surface area contributed by atoms with E-state index in [0.29, 0.717) is 11.5 Å². The quantitative estimate of drug-likeness (QED) is 0.502. The molecule has 110 valence electrons. The van der Waals surface area contributed by atoms with Crippen molar-refractivity contribution < 1.29 is 23.8 Å². The molecular formula is C12H17N3O5. The fourth-order valence-electron chi connectivity index (χ4n) is 1.49. The van der Waals surface area contributed by atoms with E-state index in [1.165, 1.54) is 20.3 Å². The third kappa shape index (κ3) is 3.94. The van der Waals surface area contributed by atoms with Crippen molar-refractivity contribution in [2.75, 3.05) is 33.1 Å². The number of carbonyl (C=O) groups excluding carboxylic acids is 2. The van der Waals surface area contributed by atoms with E-state index in [1.54, 1.807) is 6.07 Å². The molecule has 0 atom stereocenters. The van der Waals surface area contributed by atoms with E-state index in [-0.39, 0.29) is 24.4 Å². The number of ether oxygens (including phenoxy) is 3. The molecule has 8 nitrogen and oxygen atoms in total. The summed E-state index contributed by atoms with van der Waals surface area (Å²) in [6.45, 7) is 0.0861. The summed E-state index contributed by atoms with van der Waals surface area (Å²) in [5.41, 5.74) is 11.0.